The lowest BCUT2D eigenvalue weighted by molar-refractivity contribution is 0.285. The molecule has 0 aliphatic carbocycles. The van der Waals surface area contributed by atoms with Gasteiger partial charge in [-0.2, -0.15) is 0 Å². The topological polar surface area (TPSA) is 66.4 Å². The first-order valence-corrected chi connectivity index (χ1v) is 7.35. The van der Waals surface area contributed by atoms with Gasteiger partial charge in [-0.3, -0.25) is 4.72 Å². The third-order valence-corrected chi connectivity index (χ3v) is 4.63. The van der Waals surface area contributed by atoms with Gasteiger partial charge in [-0.15, -0.1) is 11.3 Å². The SMILES string of the molecule is O=S(=O)(Nc1ccccc1F)c1csc(CO)c1. The summed E-state index contributed by atoms with van der Waals surface area (Å²) in [6.07, 6.45) is 0. The Morgan fingerprint density at radius 3 is 2.67 bits per heavy atom. The number of nitrogens with one attached hydrogen (secondary N) is 1. The minimum atomic E-state index is -3.82. The number of halogens is 1. The van der Waals surface area contributed by atoms with Gasteiger partial charge in [0.25, 0.3) is 10.0 Å². The van der Waals surface area contributed by atoms with Crippen LogP contribution < -0.4 is 4.72 Å². The molecule has 1 aromatic heterocycles. The van der Waals surface area contributed by atoms with E-state index in [1.54, 1.807) is 0 Å². The fraction of sp³-hybridized carbons (Fsp3) is 0.0909. The van der Waals surface area contributed by atoms with Gasteiger partial charge in [-0.1, -0.05) is 12.1 Å². The summed E-state index contributed by atoms with van der Waals surface area (Å²) in [6, 6.07) is 6.87. The van der Waals surface area contributed by atoms with E-state index in [1.165, 1.54) is 35.7 Å². The highest BCUT2D eigenvalue weighted by molar-refractivity contribution is 7.92. The highest BCUT2D eigenvalue weighted by Gasteiger charge is 2.17. The number of hydrogen-bond donors (Lipinski definition) is 2. The quantitative estimate of drug-likeness (QED) is 0.905. The number of aliphatic hydroxyl groups is 1. The van der Waals surface area contributed by atoms with Gasteiger partial charge in [0.15, 0.2) is 0 Å². The number of thiophene rings is 1. The largest absolute Gasteiger partial charge is 0.391 e. The van der Waals surface area contributed by atoms with Crippen molar-refractivity contribution in [1.29, 1.82) is 0 Å². The second-order valence-electron chi connectivity index (χ2n) is 3.49. The van der Waals surface area contributed by atoms with E-state index in [9.17, 15) is 12.8 Å². The van der Waals surface area contributed by atoms with Gasteiger partial charge in [0.2, 0.25) is 0 Å². The molecule has 96 valence electrons. The molecule has 1 aromatic carbocycles. The Bertz CT molecular complexity index is 652. The molecule has 0 aliphatic heterocycles. The van der Waals surface area contributed by atoms with E-state index in [1.807, 2.05) is 0 Å². The van der Waals surface area contributed by atoms with Crippen molar-refractivity contribution in [2.24, 2.45) is 0 Å². The zero-order chi connectivity index (χ0) is 13.2. The van der Waals surface area contributed by atoms with Crippen molar-refractivity contribution in [1.82, 2.24) is 0 Å². The van der Waals surface area contributed by atoms with Crippen LogP contribution in [0, 0.1) is 5.82 Å². The van der Waals surface area contributed by atoms with E-state index in [-0.39, 0.29) is 17.2 Å². The molecule has 7 heteroatoms. The van der Waals surface area contributed by atoms with E-state index in [0.717, 1.165) is 11.3 Å². The molecule has 0 saturated carbocycles. The molecule has 2 rings (SSSR count). The molecule has 0 saturated heterocycles. The molecule has 0 atom stereocenters. The molecule has 0 radical (unpaired) electrons. The standard InChI is InChI=1S/C11H10FNO3S2/c12-10-3-1-2-4-11(10)13-18(15,16)9-5-8(6-14)17-7-9/h1-5,7,13-14H,6H2. The molecule has 0 spiro atoms. The van der Waals surface area contributed by atoms with Crippen molar-refractivity contribution in [2.45, 2.75) is 11.5 Å². The molecule has 0 unspecified atom stereocenters. The van der Waals surface area contributed by atoms with Crippen molar-refractivity contribution in [3.63, 3.8) is 0 Å². The second kappa shape index (κ2) is 5.05. The number of sulfonamides is 1. The highest BCUT2D eigenvalue weighted by Crippen LogP contribution is 2.23. The first-order valence-electron chi connectivity index (χ1n) is 4.98. The average Bonchev–Trinajstić information content (AvgIpc) is 2.81. The lowest BCUT2D eigenvalue weighted by Crippen LogP contribution is -2.13. The van der Waals surface area contributed by atoms with Crippen LogP contribution in [-0.2, 0) is 16.6 Å². The number of benzene rings is 1. The van der Waals surface area contributed by atoms with Crippen LogP contribution in [-0.4, -0.2) is 13.5 Å². The number of anilines is 1. The number of hydrogen-bond acceptors (Lipinski definition) is 4. The molecule has 4 nitrogen and oxygen atoms in total. The van der Waals surface area contributed by atoms with Crippen LogP contribution in [0.3, 0.4) is 0 Å². The Labute approximate surface area is 108 Å². The summed E-state index contributed by atoms with van der Waals surface area (Å²) in [5, 5.41) is 10.3. The van der Waals surface area contributed by atoms with Crippen LogP contribution >= 0.6 is 11.3 Å². The Kier molecular flexibility index (Phi) is 3.65. The monoisotopic (exact) mass is 287 g/mol. The van der Waals surface area contributed by atoms with Gasteiger partial charge in [0.1, 0.15) is 5.82 Å². The minimum Gasteiger partial charge on any atom is -0.391 e. The maximum absolute atomic E-state index is 13.3. The third-order valence-electron chi connectivity index (χ3n) is 2.21. The summed E-state index contributed by atoms with van der Waals surface area (Å²) in [5.74, 6) is -0.640. The fourth-order valence-corrected chi connectivity index (χ4v) is 3.53. The third kappa shape index (κ3) is 2.69. The molecule has 0 amide bonds. The van der Waals surface area contributed by atoms with E-state index in [0.29, 0.717) is 4.88 Å². The summed E-state index contributed by atoms with van der Waals surface area (Å²) >= 11 is 1.13. The maximum atomic E-state index is 13.3. The number of rotatable bonds is 4. The summed E-state index contributed by atoms with van der Waals surface area (Å²) in [7, 11) is -3.82. The van der Waals surface area contributed by atoms with Gasteiger partial charge in [0, 0.05) is 10.3 Å². The fourth-order valence-electron chi connectivity index (χ4n) is 1.33. The van der Waals surface area contributed by atoms with Gasteiger partial charge >= 0.3 is 0 Å². The van der Waals surface area contributed by atoms with E-state index in [4.69, 9.17) is 5.11 Å². The Morgan fingerprint density at radius 1 is 1.33 bits per heavy atom. The molecule has 0 fully saturated rings. The van der Waals surface area contributed by atoms with Crippen molar-refractivity contribution in [2.75, 3.05) is 4.72 Å². The molecule has 18 heavy (non-hydrogen) atoms. The average molecular weight is 287 g/mol. The van der Waals surface area contributed by atoms with Crippen molar-refractivity contribution in [3.05, 3.63) is 46.4 Å². The predicted molar refractivity (Wildman–Crippen MR) is 67.5 cm³/mol. The summed E-state index contributed by atoms with van der Waals surface area (Å²) in [6.45, 7) is -0.222. The first-order chi connectivity index (χ1) is 8.53. The molecular weight excluding hydrogens is 277 g/mol. The first kappa shape index (κ1) is 13.0. The highest BCUT2D eigenvalue weighted by atomic mass is 32.2. The van der Waals surface area contributed by atoms with Crippen LogP contribution in [0.2, 0.25) is 0 Å². The van der Waals surface area contributed by atoms with Crippen molar-refractivity contribution >= 4 is 27.0 Å². The normalized spacial score (nSPS) is 11.4. The Balaban J connectivity index is 2.30. The van der Waals surface area contributed by atoms with Crippen LogP contribution in [0.25, 0.3) is 0 Å². The Morgan fingerprint density at radius 2 is 2.06 bits per heavy atom. The van der Waals surface area contributed by atoms with E-state index >= 15 is 0 Å². The maximum Gasteiger partial charge on any atom is 0.262 e. The summed E-state index contributed by atoms with van der Waals surface area (Å²) < 4.78 is 39.4. The zero-order valence-corrected chi connectivity index (χ0v) is 10.8. The second-order valence-corrected chi connectivity index (χ2v) is 6.17. The molecule has 2 aromatic rings. The van der Waals surface area contributed by atoms with Gasteiger partial charge < -0.3 is 5.11 Å². The molecular formula is C11H10FNO3S2. The van der Waals surface area contributed by atoms with E-state index < -0.39 is 15.8 Å². The minimum absolute atomic E-state index is 0.0137. The van der Waals surface area contributed by atoms with Crippen molar-refractivity contribution in [3.8, 4) is 0 Å². The van der Waals surface area contributed by atoms with Crippen molar-refractivity contribution < 1.29 is 17.9 Å². The van der Waals surface area contributed by atoms with Crippen LogP contribution in [0.1, 0.15) is 4.88 Å². The molecule has 0 aliphatic rings. The van der Waals surface area contributed by atoms with Gasteiger partial charge in [-0.05, 0) is 18.2 Å². The smallest absolute Gasteiger partial charge is 0.262 e. The van der Waals surface area contributed by atoms with Gasteiger partial charge in [-0.25, -0.2) is 12.8 Å². The lowest BCUT2D eigenvalue weighted by atomic mass is 10.3. The Hall–Kier alpha value is -1.44. The lowest BCUT2D eigenvalue weighted by Gasteiger charge is -2.06. The predicted octanol–water partition coefficient (Wildman–Crippen LogP) is 2.18. The molecule has 0 bridgehead atoms. The summed E-state index contributed by atoms with van der Waals surface area (Å²) in [4.78, 5) is 0.545. The summed E-state index contributed by atoms with van der Waals surface area (Å²) in [5.41, 5.74) is -0.103. The van der Waals surface area contributed by atoms with Crippen LogP contribution in [0.5, 0.6) is 0 Å². The van der Waals surface area contributed by atoms with E-state index in [2.05, 4.69) is 4.72 Å². The number of aliphatic hydroxyl groups excluding tert-OH is 1. The number of para-hydroxylation sites is 1. The van der Waals surface area contributed by atoms with Crippen LogP contribution in [0.4, 0.5) is 10.1 Å². The van der Waals surface area contributed by atoms with Crippen LogP contribution in [0.15, 0.2) is 40.6 Å². The molecule has 1 heterocycles. The van der Waals surface area contributed by atoms with Gasteiger partial charge in [0.05, 0.1) is 17.2 Å². The molecule has 2 N–H and O–H groups in total. The zero-order valence-electron chi connectivity index (χ0n) is 9.13.